The molecule has 0 radical (unpaired) electrons. The lowest BCUT2D eigenvalue weighted by Crippen LogP contribution is -2.20. The topological polar surface area (TPSA) is 3.24 Å². The summed E-state index contributed by atoms with van der Waals surface area (Å²) in [6.07, 6.45) is 6.37. The van der Waals surface area contributed by atoms with Gasteiger partial charge in [-0.15, -0.1) is 5.92 Å². The quantitative estimate of drug-likeness (QED) is 0.376. The van der Waals surface area contributed by atoms with Gasteiger partial charge in [-0.1, -0.05) is 87.9 Å². The molecule has 32 heavy (non-hydrogen) atoms. The van der Waals surface area contributed by atoms with E-state index in [4.69, 9.17) is 0 Å². The van der Waals surface area contributed by atoms with Crippen molar-refractivity contribution in [2.24, 2.45) is 5.92 Å². The number of hydrogen-bond donors (Lipinski definition) is 0. The molecule has 1 aliphatic carbocycles. The van der Waals surface area contributed by atoms with Gasteiger partial charge in [-0.05, 0) is 66.1 Å². The number of hydrogen-bond acceptors (Lipinski definition) is 1. The van der Waals surface area contributed by atoms with E-state index in [-0.39, 0.29) is 0 Å². The fourth-order valence-electron chi connectivity index (χ4n) is 3.74. The molecule has 0 saturated heterocycles. The van der Waals surface area contributed by atoms with Crippen LogP contribution in [-0.2, 0) is 0 Å². The fourth-order valence-corrected chi connectivity index (χ4v) is 3.74. The maximum atomic E-state index is 4.11. The van der Waals surface area contributed by atoms with Crippen molar-refractivity contribution in [2.75, 3.05) is 4.90 Å². The Morgan fingerprint density at radius 1 is 0.844 bits per heavy atom. The van der Waals surface area contributed by atoms with Gasteiger partial charge in [-0.2, -0.15) is 0 Å². The Balaban J connectivity index is 0.00000141. The first-order valence-corrected chi connectivity index (χ1v) is 11.2. The second-order valence-corrected chi connectivity index (χ2v) is 7.36. The van der Waals surface area contributed by atoms with Crippen LogP contribution in [0.15, 0.2) is 115 Å². The molecule has 4 rings (SSSR count). The molecule has 0 fully saturated rings. The molecule has 3 aromatic carbocycles. The van der Waals surface area contributed by atoms with Gasteiger partial charge in [0.25, 0.3) is 0 Å². The Labute approximate surface area is 193 Å². The molecule has 1 unspecified atom stereocenters. The van der Waals surface area contributed by atoms with E-state index in [1.54, 1.807) is 0 Å². The van der Waals surface area contributed by atoms with Crippen LogP contribution >= 0.6 is 0 Å². The number of para-hydroxylation sites is 1. The summed E-state index contributed by atoms with van der Waals surface area (Å²) in [4.78, 5) is 2.28. The van der Waals surface area contributed by atoms with Crippen molar-refractivity contribution >= 4 is 11.4 Å². The molecule has 0 heterocycles. The third kappa shape index (κ3) is 4.93. The maximum Gasteiger partial charge on any atom is 0.0493 e. The first-order valence-electron chi connectivity index (χ1n) is 11.2. The third-order valence-corrected chi connectivity index (χ3v) is 5.41. The van der Waals surface area contributed by atoms with Crippen LogP contribution in [-0.4, -0.2) is 0 Å². The van der Waals surface area contributed by atoms with Crippen molar-refractivity contribution in [3.05, 3.63) is 121 Å². The lowest BCUT2D eigenvalue weighted by molar-refractivity contribution is 0.820. The summed E-state index contributed by atoms with van der Waals surface area (Å²) in [6, 6.07) is 27.6. The van der Waals surface area contributed by atoms with Crippen LogP contribution in [0.3, 0.4) is 0 Å². The van der Waals surface area contributed by atoms with Crippen LogP contribution in [0, 0.1) is 17.8 Å². The minimum absolute atomic E-state index is 0.438. The Hall–Kier alpha value is -3.76. The molecule has 0 spiro atoms. The molecule has 0 bridgehead atoms. The van der Waals surface area contributed by atoms with Crippen LogP contribution in [0.1, 0.15) is 33.3 Å². The third-order valence-electron chi connectivity index (χ3n) is 5.41. The van der Waals surface area contributed by atoms with Gasteiger partial charge in [-0.3, -0.25) is 0 Å². The summed E-state index contributed by atoms with van der Waals surface area (Å²) in [5.41, 5.74) is 8.10. The minimum atomic E-state index is 0.438. The van der Waals surface area contributed by atoms with Crippen molar-refractivity contribution < 1.29 is 0 Å². The van der Waals surface area contributed by atoms with Gasteiger partial charge in [0, 0.05) is 28.6 Å². The highest BCUT2D eigenvalue weighted by atomic mass is 15.1. The summed E-state index contributed by atoms with van der Waals surface area (Å²) < 4.78 is 0. The number of rotatable bonds is 5. The number of nitrogens with zero attached hydrogens (tertiary/aromatic N) is 1. The summed E-state index contributed by atoms with van der Waals surface area (Å²) in [6.45, 7) is 12.2. The minimum Gasteiger partial charge on any atom is -0.310 e. The molecule has 1 atom stereocenters. The van der Waals surface area contributed by atoms with E-state index in [2.05, 4.69) is 115 Å². The lowest BCUT2D eigenvalue weighted by Gasteiger charge is -2.31. The summed E-state index contributed by atoms with van der Waals surface area (Å²) in [5, 5.41) is 0. The van der Waals surface area contributed by atoms with Crippen LogP contribution in [0.5, 0.6) is 0 Å². The van der Waals surface area contributed by atoms with E-state index in [0.29, 0.717) is 5.92 Å². The Kier molecular flexibility index (Phi) is 7.90. The summed E-state index contributed by atoms with van der Waals surface area (Å²) >= 11 is 0. The normalized spacial score (nSPS) is 15.3. The molecular weight excluding hydrogens is 386 g/mol. The summed E-state index contributed by atoms with van der Waals surface area (Å²) in [5.74, 6) is 6.48. The second-order valence-electron chi connectivity index (χ2n) is 7.36. The van der Waals surface area contributed by atoms with Crippen molar-refractivity contribution in [2.45, 2.75) is 27.7 Å². The van der Waals surface area contributed by atoms with Crippen LogP contribution in [0.25, 0.3) is 11.1 Å². The second kappa shape index (κ2) is 11.0. The Morgan fingerprint density at radius 3 is 1.88 bits per heavy atom. The molecule has 0 aromatic heterocycles. The molecule has 1 aliphatic rings. The van der Waals surface area contributed by atoms with Crippen LogP contribution < -0.4 is 4.90 Å². The zero-order valence-corrected chi connectivity index (χ0v) is 19.5. The number of anilines is 2. The molecule has 1 nitrogen and oxygen atoms in total. The molecule has 1 heteroatoms. The smallest absolute Gasteiger partial charge is 0.0493 e. The monoisotopic (exact) mass is 417 g/mol. The van der Waals surface area contributed by atoms with Crippen LogP contribution in [0.2, 0.25) is 0 Å². The van der Waals surface area contributed by atoms with Crippen LogP contribution in [0.4, 0.5) is 11.4 Å². The first kappa shape index (κ1) is 22.9. The zero-order valence-electron chi connectivity index (χ0n) is 19.5. The van der Waals surface area contributed by atoms with E-state index in [1.807, 2.05) is 32.9 Å². The van der Waals surface area contributed by atoms with Gasteiger partial charge >= 0.3 is 0 Å². The van der Waals surface area contributed by atoms with Gasteiger partial charge in [0.15, 0.2) is 0 Å². The highest BCUT2D eigenvalue weighted by molar-refractivity contribution is 5.75. The van der Waals surface area contributed by atoms with Crippen molar-refractivity contribution in [3.8, 4) is 23.0 Å². The Bertz CT molecular complexity index is 1150. The molecule has 0 amide bonds. The molecule has 0 saturated carbocycles. The van der Waals surface area contributed by atoms with Crippen molar-refractivity contribution in [1.82, 2.24) is 0 Å². The average molecular weight is 418 g/mol. The van der Waals surface area contributed by atoms with E-state index in [1.165, 1.54) is 16.7 Å². The largest absolute Gasteiger partial charge is 0.310 e. The van der Waals surface area contributed by atoms with Gasteiger partial charge in [-0.25, -0.2) is 0 Å². The predicted molar refractivity (Wildman–Crippen MR) is 140 cm³/mol. The maximum absolute atomic E-state index is 4.11. The molecule has 3 aromatic rings. The van der Waals surface area contributed by atoms with Gasteiger partial charge in [0.2, 0.25) is 0 Å². The van der Waals surface area contributed by atoms with Gasteiger partial charge < -0.3 is 4.90 Å². The lowest BCUT2D eigenvalue weighted by atomic mass is 9.88. The highest BCUT2D eigenvalue weighted by Crippen LogP contribution is 2.37. The summed E-state index contributed by atoms with van der Waals surface area (Å²) in [7, 11) is 0. The first-order chi connectivity index (χ1) is 15.7. The molecule has 160 valence electrons. The predicted octanol–water partition coefficient (Wildman–Crippen LogP) is 8.54. The molecule has 0 aliphatic heterocycles. The number of allylic oxidation sites excluding steroid dienone is 4. The molecular formula is C31H31N. The van der Waals surface area contributed by atoms with E-state index >= 15 is 0 Å². The standard InChI is InChI=1S/C29H25N.C2H6/c1-4-9-23-13-15-24(16-14-23)25-17-19-27(20-18-25)30(26-10-7-6-8-11-26)29(5-2)28-21-12-22(28)3;1-2/h5-8,10-22H,2H2,1,3H3;1-2H3/b29-28+;. The highest BCUT2D eigenvalue weighted by Gasteiger charge is 2.21. The molecule has 0 N–H and O–H groups in total. The number of benzene rings is 3. The van der Waals surface area contributed by atoms with Gasteiger partial charge in [0.1, 0.15) is 0 Å². The average Bonchev–Trinajstić information content (AvgIpc) is 2.85. The zero-order chi connectivity index (χ0) is 22.9. The van der Waals surface area contributed by atoms with E-state index in [9.17, 15) is 0 Å². The van der Waals surface area contributed by atoms with Crippen molar-refractivity contribution in [1.29, 1.82) is 0 Å². The van der Waals surface area contributed by atoms with E-state index < -0.39 is 0 Å². The van der Waals surface area contributed by atoms with Gasteiger partial charge in [0.05, 0.1) is 0 Å². The Morgan fingerprint density at radius 2 is 1.41 bits per heavy atom. The SMILES string of the molecule is C=C/C(=C1/C=CC1C)N(c1ccccc1)c1ccc(-c2ccc(C#CC)cc2)cc1.CC. The fraction of sp³-hybridized carbons (Fsp3) is 0.161. The van der Waals surface area contributed by atoms with Crippen molar-refractivity contribution in [3.63, 3.8) is 0 Å². The van der Waals surface area contributed by atoms with E-state index in [0.717, 1.165) is 22.6 Å².